The van der Waals surface area contributed by atoms with Gasteiger partial charge in [-0.05, 0) is 31.2 Å². The van der Waals surface area contributed by atoms with Crippen LogP contribution in [0.25, 0.3) is 0 Å². The van der Waals surface area contributed by atoms with Crippen LogP contribution in [-0.4, -0.2) is 29.3 Å². The molecule has 1 aromatic rings. The largest absolute Gasteiger partial charge is 0.487 e. The zero-order chi connectivity index (χ0) is 14.0. The van der Waals surface area contributed by atoms with E-state index in [2.05, 4.69) is 6.58 Å². The number of hydrogen-bond acceptors (Lipinski definition) is 4. The molecule has 0 radical (unpaired) electrons. The second-order valence-electron chi connectivity index (χ2n) is 4.40. The molecule has 1 aliphatic heterocycles. The molecule has 19 heavy (non-hydrogen) atoms. The zero-order valence-electron chi connectivity index (χ0n) is 10.5. The van der Waals surface area contributed by atoms with E-state index >= 15 is 0 Å². The molecule has 1 saturated heterocycles. The molecular weight excluding hydrogens is 248 g/mol. The van der Waals surface area contributed by atoms with Crippen molar-refractivity contribution in [2.75, 3.05) is 0 Å². The van der Waals surface area contributed by atoms with Crippen LogP contribution in [-0.2, 0) is 9.53 Å². The molecule has 0 bridgehead atoms. The monoisotopic (exact) mass is 262 g/mol. The van der Waals surface area contributed by atoms with Gasteiger partial charge < -0.3 is 14.6 Å². The van der Waals surface area contributed by atoms with Gasteiger partial charge in [-0.1, -0.05) is 6.58 Å². The van der Waals surface area contributed by atoms with Crippen LogP contribution in [0.3, 0.4) is 0 Å². The molecule has 2 unspecified atom stereocenters. The molecule has 1 fully saturated rings. The fourth-order valence-corrected chi connectivity index (χ4v) is 1.82. The number of hydrogen-bond donors (Lipinski definition) is 1. The average Bonchev–Trinajstić information content (AvgIpc) is 2.70. The van der Waals surface area contributed by atoms with Crippen LogP contribution in [0.5, 0.6) is 5.75 Å². The van der Waals surface area contributed by atoms with Gasteiger partial charge in [0.15, 0.2) is 0 Å². The van der Waals surface area contributed by atoms with Gasteiger partial charge in [0.2, 0.25) is 0 Å². The lowest BCUT2D eigenvalue weighted by Gasteiger charge is -2.19. The first kappa shape index (κ1) is 13.1. The van der Waals surface area contributed by atoms with Crippen LogP contribution in [0, 0.1) is 0 Å². The highest BCUT2D eigenvalue weighted by Crippen LogP contribution is 2.24. The summed E-state index contributed by atoms with van der Waals surface area (Å²) in [5.41, 5.74) is 0.641. The molecule has 1 aromatic carbocycles. The van der Waals surface area contributed by atoms with Gasteiger partial charge in [-0.2, -0.15) is 0 Å². The summed E-state index contributed by atoms with van der Waals surface area (Å²) in [6, 6.07) is 6.07. The summed E-state index contributed by atoms with van der Waals surface area (Å²) in [6.07, 6.45) is -0.217. The van der Waals surface area contributed by atoms with Crippen molar-refractivity contribution in [1.82, 2.24) is 0 Å². The summed E-state index contributed by atoms with van der Waals surface area (Å²) in [6.45, 7) is 5.40. The van der Waals surface area contributed by atoms with Gasteiger partial charge in [-0.3, -0.25) is 0 Å². The SMILES string of the molecule is C=C1CC(C(C)Oc2ccc(C(=O)O)cc2)OC1=O. The van der Waals surface area contributed by atoms with Gasteiger partial charge >= 0.3 is 11.9 Å². The molecule has 0 amide bonds. The third kappa shape index (κ3) is 2.93. The number of esters is 1. The average molecular weight is 262 g/mol. The van der Waals surface area contributed by atoms with Crippen molar-refractivity contribution < 1.29 is 24.2 Å². The van der Waals surface area contributed by atoms with E-state index in [-0.39, 0.29) is 23.7 Å². The van der Waals surface area contributed by atoms with Gasteiger partial charge in [0.1, 0.15) is 18.0 Å². The van der Waals surface area contributed by atoms with E-state index in [1.165, 1.54) is 12.1 Å². The Kier molecular flexibility index (Phi) is 3.55. The predicted octanol–water partition coefficient (Wildman–Crippen LogP) is 2.02. The maximum atomic E-state index is 11.2. The maximum absolute atomic E-state index is 11.2. The molecule has 0 saturated carbocycles. The predicted molar refractivity (Wildman–Crippen MR) is 67.1 cm³/mol. The van der Waals surface area contributed by atoms with Crippen molar-refractivity contribution in [3.8, 4) is 5.75 Å². The highest BCUT2D eigenvalue weighted by atomic mass is 16.6. The van der Waals surface area contributed by atoms with Crippen LogP contribution in [0.4, 0.5) is 0 Å². The Hall–Kier alpha value is -2.30. The number of aromatic carboxylic acids is 1. The van der Waals surface area contributed by atoms with Crippen LogP contribution >= 0.6 is 0 Å². The first-order valence-electron chi connectivity index (χ1n) is 5.86. The normalized spacial score (nSPS) is 19.9. The molecule has 0 aliphatic carbocycles. The van der Waals surface area contributed by atoms with Crippen molar-refractivity contribution in [2.24, 2.45) is 0 Å². The summed E-state index contributed by atoms with van der Waals surface area (Å²) in [7, 11) is 0. The molecule has 2 rings (SSSR count). The molecular formula is C14H14O5. The minimum absolute atomic E-state index is 0.195. The van der Waals surface area contributed by atoms with Gasteiger partial charge in [0, 0.05) is 12.0 Å². The molecule has 2 atom stereocenters. The standard InChI is InChI=1S/C14H14O5/c1-8-7-12(19-14(8)17)9(2)18-11-5-3-10(4-6-11)13(15)16/h3-6,9,12H,1,7H2,2H3,(H,15,16). The minimum atomic E-state index is -0.986. The van der Waals surface area contributed by atoms with E-state index in [0.29, 0.717) is 17.7 Å². The molecule has 0 spiro atoms. The Labute approximate surface area is 110 Å². The van der Waals surface area contributed by atoms with E-state index in [1.807, 2.05) is 0 Å². The third-order valence-corrected chi connectivity index (χ3v) is 2.94. The minimum Gasteiger partial charge on any atom is -0.487 e. The Bertz CT molecular complexity index is 501. The number of cyclic esters (lactones) is 1. The lowest BCUT2D eigenvalue weighted by molar-refractivity contribution is -0.141. The molecule has 1 heterocycles. The van der Waals surface area contributed by atoms with Crippen molar-refractivity contribution in [2.45, 2.75) is 25.6 Å². The fraction of sp³-hybridized carbons (Fsp3) is 0.286. The molecule has 0 aromatic heterocycles. The summed E-state index contributed by atoms with van der Waals surface area (Å²) < 4.78 is 10.7. The van der Waals surface area contributed by atoms with Gasteiger partial charge in [0.05, 0.1) is 5.56 Å². The Morgan fingerprint density at radius 2 is 2.11 bits per heavy atom. The summed E-state index contributed by atoms with van der Waals surface area (Å²) >= 11 is 0. The highest BCUT2D eigenvalue weighted by molar-refractivity contribution is 5.90. The van der Waals surface area contributed by atoms with Crippen molar-refractivity contribution >= 4 is 11.9 Å². The Morgan fingerprint density at radius 1 is 1.47 bits per heavy atom. The molecule has 5 heteroatoms. The quantitative estimate of drug-likeness (QED) is 0.664. The fourth-order valence-electron chi connectivity index (χ4n) is 1.82. The Morgan fingerprint density at radius 3 is 2.58 bits per heavy atom. The number of carboxylic acids is 1. The first-order valence-corrected chi connectivity index (χ1v) is 5.86. The molecule has 1 N–H and O–H groups in total. The highest BCUT2D eigenvalue weighted by Gasteiger charge is 2.32. The molecule has 5 nitrogen and oxygen atoms in total. The van der Waals surface area contributed by atoms with E-state index in [0.717, 1.165) is 0 Å². The number of ether oxygens (including phenoxy) is 2. The lowest BCUT2D eigenvalue weighted by atomic mass is 10.1. The van der Waals surface area contributed by atoms with Gasteiger partial charge in [-0.15, -0.1) is 0 Å². The number of rotatable bonds is 4. The van der Waals surface area contributed by atoms with Crippen LogP contribution < -0.4 is 4.74 Å². The topological polar surface area (TPSA) is 72.8 Å². The van der Waals surface area contributed by atoms with Crippen molar-refractivity contribution in [1.29, 1.82) is 0 Å². The third-order valence-electron chi connectivity index (χ3n) is 2.94. The van der Waals surface area contributed by atoms with E-state index in [4.69, 9.17) is 14.6 Å². The second-order valence-corrected chi connectivity index (χ2v) is 4.40. The van der Waals surface area contributed by atoms with Crippen LogP contribution in [0.1, 0.15) is 23.7 Å². The Balaban J connectivity index is 1.99. The van der Waals surface area contributed by atoms with Crippen molar-refractivity contribution in [3.05, 3.63) is 42.0 Å². The number of carbonyl (C=O) groups is 2. The molecule has 1 aliphatic rings. The van der Waals surface area contributed by atoms with Crippen LogP contribution in [0.15, 0.2) is 36.4 Å². The molecule has 100 valence electrons. The number of carboxylic acid groups (broad SMARTS) is 1. The number of benzene rings is 1. The summed E-state index contributed by atoms with van der Waals surface area (Å²) in [5, 5.41) is 8.78. The first-order chi connectivity index (χ1) is 8.97. The summed E-state index contributed by atoms with van der Waals surface area (Å²) in [4.78, 5) is 21.9. The summed E-state index contributed by atoms with van der Waals surface area (Å²) in [5.74, 6) is -0.839. The maximum Gasteiger partial charge on any atom is 0.335 e. The van der Waals surface area contributed by atoms with Crippen molar-refractivity contribution in [3.63, 3.8) is 0 Å². The van der Waals surface area contributed by atoms with E-state index < -0.39 is 5.97 Å². The van der Waals surface area contributed by atoms with E-state index in [1.54, 1.807) is 19.1 Å². The van der Waals surface area contributed by atoms with E-state index in [9.17, 15) is 9.59 Å². The number of carbonyl (C=O) groups excluding carboxylic acids is 1. The van der Waals surface area contributed by atoms with Crippen LogP contribution in [0.2, 0.25) is 0 Å². The zero-order valence-corrected chi connectivity index (χ0v) is 10.5. The lowest BCUT2D eigenvalue weighted by Crippen LogP contribution is -2.28. The second kappa shape index (κ2) is 5.14. The van der Waals surface area contributed by atoms with Gasteiger partial charge in [0.25, 0.3) is 0 Å². The smallest absolute Gasteiger partial charge is 0.335 e. The van der Waals surface area contributed by atoms with Gasteiger partial charge in [-0.25, -0.2) is 9.59 Å².